The van der Waals surface area contributed by atoms with Gasteiger partial charge in [0, 0.05) is 12.1 Å². The van der Waals surface area contributed by atoms with Crippen molar-refractivity contribution in [2.24, 2.45) is 0 Å². The molecule has 1 saturated carbocycles. The van der Waals surface area contributed by atoms with Crippen LogP contribution in [0.3, 0.4) is 0 Å². The number of rotatable bonds is 1. The Hall–Kier alpha value is -1.11. The molecule has 0 atom stereocenters. The van der Waals surface area contributed by atoms with Gasteiger partial charge in [0.25, 0.3) is 5.56 Å². The van der Waals surface area contributed by atoms with Gasteiger partial charge in [-0.3, -0.25) is 9.36 Å². The fourth-order valence-electron chi connectivity index (χ4n) is 1.34. The molecule has 1 N–H and O–H groups in total. The van der Waals surface area contributed by atoms with Crippen LogP contribution in [0.2, 0.25) is 0 Å². The topological polar surface area (TPSA) is 37.8 Å². The van der Waals surface area contributed by atoms with Crippen molar-refractivity contribution in [3.8, 4) is 0 Å². The van der Waals surface area contributed by atoms with Gasteiger partial charge in [-0.2, -0.15) is 13.2 Å². The van der Waals surface area contributed by atoms with Crippen LogP contribution in [0.25, 0.3) is 0 Å². The standard InChI is InChI=1S/C8H7F3N2OS/c9-8(10,11)5-3-6(14)13(4-1-2-4)7(15)12-5/h3-4H,1-2H2,(H,12,15). The number of nitrogens with zero attached hydrogens (tertiary/aromatic N) is 1. The lowest BCUT2D eigenvalue weighted by molar-refractivity contribution is -0.141. The predicted molar refractivity (Wildman–Crippen MR) is 49.2 cm³/mol. The Kier molecular flexibility index (Phi) is 2.22. The van der Waals surface area contributed by atoms with Crippen LogP contribution in [0.15, 0.2) is 10.9 Å². The van der Waals surface area contributed by atoms with Gasteiger partial charge in [0.05, 0.1) is 0 Å². The Morgan fingerprint density at radius 3 is 2.47 bits per heavy atom. The Balaban J connectivity index is 2.58. The first-order chi connectivity index (χ1) is 6.89. The van der Waals surface area contributed by atoms with E-state index < -0.39 is 17.4 Å². The molecule has 0 amide bonds. The molecule has 7 heteroatoms. The van der Waals surface area contributed by atoms with Crippen molar-refractivity contribution in [1.82, 2.24) is 9.55 Å². The Morgan fingerprint density at radius 2 is 2.07 bits per heavy atom. The van der Waals surface area contributed by atoms with Gasteiger partial charge in [0.2, 0.25) is 0 Å². The zero-order chi connectivity index (χ0) is 11.2. The summed E-state index contributed by atoms with van der Waals surface area (Å²) in [4.78, 5) is 13.4. The van der Waals surface area contributed by atoms with Crippen molar-refractivity contribution < 1.29 is 13.2 Å². The smallest absolute Gasteiger partial charge is 0.328 e. The molecule has 1 aromatic heterocycles. The maximum atomic E-state index is 12.3. The van der Waals surface area contributed by atoms with Crippen molar-refractivity contribution in [3.05, 3.63) is 26.9 Å². The molecule has 0 saturated heterocycles. The van der Waals surface area contributed by atoms with Crippen molar-refractivity contribution in [3.63, 3.8) is 0 Å². The third kappa shape index (κ3) is 1.97. The van der Waals surface area contributed by atoms with E-state index in [4.69, 9.17) is 12.2 Å². The Morgan fingerprint density at radius 1 is 1.47 bits per heavy atom. The lowest BCUT2D eigenvalue weighted by Crippen LogP contribution is -2.24. The van der Waals surface area contributed by atoms with Crippen LogP contribution in [-0.2, 0) is 6.18 Å². The lowest BCUT2D eigenvalue weighted by atomic mass is 10.4. The van der Waals surface area contributed by atoms with Crippen LogP contribution < -0.4 is 5.56 Å². The molecule has 82 valence electrons. The SMILES string of the molecule is O=c1cc(C(F)(F)F)[nH]c(=S)n1C1CC1. The molecule has 0 radical (unpaired) electrons. The van der Waals surface area contributed by atoms with Crippen molar-refractivity contribution in [1.29, 1.82) is 0 Å². The second kappa shape index (κ2) is 3.19. The van der Waals surface area contributed by atoms with Gasteiger partial charge < -0.3 is 4.98 Å². The van der Waals surface area contributed by atoms with E-state index in [1.165, 1.54) is 4.57 Å². The van der Waals surface area contributed by atoms with Crippen LogP contribution in [0.1, 0.15) is 24.6 Å². The van der Waals surface area contributed by atoms with Gasteiger partial charge in [0.15, 0.2) is 4.77 Å². The maximum absolute atomic E-state index is 12.3. The highest BCUT2D eigenvalue weighted by Gasteiger charge is 2.34. The van der Waals surface area contributed by atoms with Crippen LogP contribution in [-0.4, -0.2) is 9.55 Å². The summed E-state index contributed by atoms with van der Waals surface area (Å²) in [5.41, 5.74) is -1.78. The second-order valence-electron chi connectivity index (χ2n) is 3.43. The number of aromatic nitrogens is 2. The zero-order valence-electron chi connectivity index (χ0n) is 7.47. The van der Waals surface area contributed by atoms with Crippen LogP contribution >= 0.6 is 12.2 Å². The molecular formula is C8H7F3N2OS. The third-order valence-corrected chi connectivity index (χ3v) is 2.48. The molecule has 0 aromatic carbocycles. The summed E-state index contributed by atoms with van der Waals surface area (Å²) < 4.78 is 37.9. The van der Waals surface area contributed by atoms with Crippen molar-refractivity contribution >= 4 is 12.2 Å². The summed E-state index contributed by atoms with van der Waals surface area (Å²) in [6.07, 6.45) is -2.97. The number of alkyl halides is 3. The van der Waals surface area contributed by atoms with Crippen molar-refractivity contribution in [2.75, 3.05) is 0 Å². The van der Waals surface area contributed by atoms with Gasteiger partial charge in [-0.25, -0.2) is 0 Å². The lowest BCUT2D eigenvalue weighted by Gasteiger charge is -2.09. The number of hydrogen-bond donors (Lipinski definition) is 1. The normalized spacial score (nSPS) is 16.7. The number of hydrogen-bond acceptors (Lipinski definition) is 2. The van der Waals surface area contributed by atoms with Gasteiger partial charge in [-0.05, 0) is 25.1 Å². The fourth-order valence-corrected chi connectivity index (χ4v) is 1.68. The van der Waals surface area contributed by atoms with Gasteiger partial charge in [-0.15, -0.1) is 0 Å². The van der Waals surface area contributed by atoms with E-state index in [1.807, 2.05) is 4.98 Å². The highest BCUT2D eigenvalue weighted by atomic mass is 32.1. The maximum Gasteiger partial charge on any atom is 0.431 e. The summed E-state index contributed by atoms with van der Waals surface area (Å²) in [5, 5.41) is 0. The first kappa shape index (κ1) is 10.4. The molecule has 3 nitrogen and oxygen atoms in total. The molecule has 1 aliphatic carbocycles. The number of halogens is 3. The highest BCUT2D eigenvalue weighted by molar-refractivity contribution is 7.71. The molecule has 1 heterocycles. The van der Waals surface area contributed by atoms with Crippen LogP contribution in [0.4, 0.5) is 13.2 Å². The minimum atomic E-state index is -4.56. The summed E-state index contributed by atoms with van der Waals surface area (Å²) in [6.45, 7) is 0. The summed E-state index contributed by atoms with van der Waals surface area (Å²) >= 11 is 4.72. The molecule has 1 aliphatic rings. The van der Waals surface area contributed by atoms with E-state index in [2.05, 4.69) is 0 Å². The van der Waals surface area contributed by atoms with Gasteiger partial charge >= 0.3 is 6.18 Å². The minimum Gasteiger partial charge on any atom is -0.328 e. The molecule has 0 aliphatic heterocycles. The molecule has 1 aromatic rings. The molecule has 2 rings (SSSR count). The number of aromatic amines is 1. The Labute approximate surface area is 87.6 Å². The van der Waals surface area contributed by atoms with Crippen LogP contribution in [0.5, 0.6) is 0 Å². The van der Waals surface area contributed by atoms with E-state index >= 15 is 0 Å². The molecule has 0 bridgehead atoms. The fraction of sp³-hybridized carbons (Fsp3) is 0.500. The minimum absolute atomic E-state index is 0.0245. The second-order valence-corrected chi connectivity index (χ2v) is 3.81. The van der Waals surface area contributed by atoms with E-state index in [0.29, 0.717) is 6.07 Å². The largest absolute Gasteiger partial charge is 0.431 e. The quantitative estimate of drug-likeness (QED) is 0.759. The first-order valence-corrected chi connectivity index (χ1v) is 4.73. The number of nitrogens with one attached hydrogen (secondary N) is 1. The molecule has 1 fully saturated rings. The summed E-state index contributed by atoms with van der Waals surface area (Å²) in [5.74, 6) is 0. The average Bonchev–Trinajstić information content (AvgIpc) is 2.84. The third-order valence-electron chi connectivity index (χ3n) is 2.18. The van der Waals surface area contributed by atoms with Crippen LogP contribution in [0, 0.1) is 4.77 Å². The van der Waals surface area contributed by atoms with Gasteiger partial charge in [-0.1, -0.05) is 0 Å². The molecule has 0 spiro atoms. The first-order valence-electron chi connectivity index (χ1n) is 4.32. The monoisotopic (exact) mass is 236 g/mol. The van der Waals surface area contributed by atoms with E-state index in [-0.39, 0.29) is 10.8 Å². The summed E-state index contributed by atoms with van der Waals surface area (Å²) in [6, 6.07) is 0.525. The summed E-state index contributed by atoms with van der Waals surface area (Å²) in [7, 11) is 0. The van der Waals surface area contributed by atoms with E-state index in [0.717, 1.165) is 12.8 Å². The highest BCUT2D eigenvalue weighted by Crippen LogP contribution is 2.34. The number of H-pyrrole nitrogens is 1. The van der Waals surface area contributed by atoms with Gasteiger partial charge in [0.1, 0.15) is 5.69 Å². The van der Waals surface area contributed by atoms with E-state index in [9.17, 15) is 18.0 Å². The Bertz CT molecular complexity index is 467. The molecule has 15 heavy (non-hydrogen) atoms. The average molecular weight is 236 g/mol. The zero-order valence-corrected chi connectivity index (χ0v) is 8.28. The molecule has 0 unspecified atom stereocenters. The van der Waals surface area contributed by atoms with E-state index in [1.54, 1.807) is 0 Å². The predicted octanol–water partition coefficient (Wildman–Crippen LogP) is 2.26. The van der Waals surface area contributed by atoms with Crippen molar-refractivity contribution in [2.45, 2.75) is 25.1 Å². The molecular weight excluding hydrogens is 229 g/mol.